The number of rotatable bonds is 4. The molecule has 0 aliphatic heterocycles. The number of fused-ring (bicyclic) bond motifs is 1. The fourth-order valence-corrected chi connectivity index (χ4v) is 2.66. The van der Waals surface area contributed by atoms with Crippen molar-refractivity contribution in [2.24, 2.45) is 0 Å². The molecule has 0 unspecified atom stereocenters. The molecule has 0 aliphatic rings. The van der Waals surface area contributed by atoms with E-state index >= 15 is 0 Å². The number of halogens is 2. The highest BCUT2D eigenvalue weighted by Gasteiger charge is 2.22. The van der Waals surface area contributed by atoms with Crippen molar-refractivity contribution in [1.82, 2.24) is 14.4 Å². The summed E-state index contributed by atoms with van der Waals surface area (Å²) < 4.78 is 20.4. The van der Waals surface area contributed by atoms with Gasteiger partial charge >= 0.3 is 0 Å². The van der Waals surface area contributed by atoms with Crippen molar-refractivity contribution in [3.63, 3.8) is 0 Å². The lowest BCUT2D eigenvalue weighted by Crippen LogP contribution is -2.15. The SMILES string of the molecule is O=C(Nc1ccc(Cl)cc1)c1c(Oc2ccc(F)c(O)c2)nc2ncccn12. The topological polar surface area (TPSA) is 88.8 Å². The van der Waals surface area contributed by atoms with Gasteiger partial charge in [0.1, 0.15) is 5.75 Å². The minimum Gasteiger partial charge on any atom is -0.505 e. The molecule has 0 atom stereocenters. The zero-order valence-electron chi connectivity index (χ0n) is 14.1. The van der Waals surface area contributed by atoms with Crippen LogP contribution >= 0.6 is 11.6 Å². The van der Waals surface area contributed by atoms with Crippen LogP contribution in [-0.2, 0) is 0 Å². The number of hydrogen-bond donors (Lipinski definition) is 2. The molecule has 0 saturated heterocycles. The van der Waals surface area contributed by atoms with Crippen molar-refractivity contribution in [3.05, 3.63) is 77.5 Å². The van der Waals surface area contributed by atoms with Crippen LogP contribution in [0.5, 0.6) is 17.4 Å². The highest BCUT2D eigenvalue weighted by Crippen LogP contribution is 2.29. The van der Waals surface area contributed by atoms with Gasteiger partial charge in [-0.15, -0.1) is 0 Å². The van der Waals surface area contributed by atoms with Gasteiger partial charge in [-0.3, -0.25) is 9.20 Å². The summed E-state index contributed by atoms with van der Waals surface area (Å²) in [5.74, 6) is -1.55. The first-order valence-corrected chi connectivity index (χ1v) is 8.45. The third kappa shape index (κ3) is 3.45. The molecule has 0 aliphatic carbocycles. The van der Waals surface area contributed by atoms with Gasteiger partial charge < -0.3 is 15.2 Å². The standard InChI is InChI=1S/C19H12ClFN4O3/c20-11-2-4-12(5-3-11)23-17(27)16-18(24-19-22-8-1-9-25(16)19)28-13-6-7-14(21)15(26)10-13/h1-10,26H,(H,23,27). The number of nitrogens with one attached hydrogen (secondary N) is 1. The van der Waals surface area contributed by atoms with Crippen molar-refractivity contribution in [2.45, 2.75) is 0 Å². The van der Waals surface area contributed by atoms with E-state index in [0.29, 0.717) is 10.7 Å². The summed E-state index contributed by atoms with van der Waals surface area (Å²) in [7, 11) is 0. The Bertz CT molecular complexity index is 1180. The van der Waals surface area contributed by atoms with Crippen LogP contribution in [0, 0.1) is 5.82 Å². The summed E-state index contributed by atoms with van der Waals surface area (Å²) in [5.41, 5.74) is 0.612. The first-order valence-electron chi connectivity index (χ1n) is 8.07. The summed E-state index contributed by atoms with van der Waals surface area (Å²) in [6.45, 7) is 0. The van der Waals surface area contributed by atoms with Gasteiger partial charge in [0.15, 0.2) is 17.3 Å². The summed E-state index contributed by atoms with van der Waals surface area (Å²) >= 11 is 5.86. The van der Waals surface area contributed by atoms with Crippen LogP contribution < -0.4 is 10.1 Å². The molecule has 0 saturated carbocycles. The van der Waals surface area contributed by atoms with Crippen molar-refractivity contribution >= 4 is 29.0 Å². The Balaban J connectivity index is 1.73. The summed E-state index contributed by atoms with van der Waals surface area (Å²) in [4.78, 5) is 21.2. The molecule has 4 rings (SSSR count). The number of nitrogens with zero attached hydrogens (tertiary/aromatic N) is 3. The molecule has 9 heteroatoms. The van der Waals surface area contributed by atoms with Gasteiger partial charge in [-0.05, 0) is 42.5 Å². The largest absolute Gasteiger partial charge is 0.505 e. The Morgan fingerprint density at radius 1 is 1.21 bits per heavy atom. The molecule has 0 bridgehead atoms. The minimum absolute atomic E-state index is 0.0452. The Hall–Kier alpha value is -3.65. The van der Waals surface area contributed by atoms with E-state index in [-0.39, 0.29) is 23.1 Å². The van der Waals surface area contributed by atoms with Gasteiger partial charge in [-0.1, -0.05) is 11.6 Å². The number of amides is 1. The van der Waals surface area contributed by atoms with E-state index in [1.54, 1.807) is 36.5 Å². The summed E-state index contributed by atoms with van der Waals surface area (Å²) in [6.07, 6.45) is 3.14. The maximum atomic E-state index is 13.3. The number of aromatic hydroxyl groups is 1. The number of hydrogen-bond acceptors (Lipinski definition) is 5. The number of anilines is 1. The molecular weight excluding hydrogens is 387 g/mol. The summed E-state index contributed by atoms with van der Waals surface area (Å²) in [5, 5.41) is 12.8. The average molecular weight is 399 g/mol. The monoisotopic (exact) mass is 398 g/mol. The highest BCUT2D eigenvalue weighted by molar-refractivity contribution is 6.30. The van der Waals surface area contributed by atoms with Crippen LogP contribution in [0.2, 0.25) is 5.02 Å². The van der Waals surface area contributed by atoms with Gasteiger partial charge in [0.05, 0.1) is 0 Å². The quantitative estimate of drug-likeness (QED) is 0.536. The Morgan fingerprint density at radius 3 is 2.75 bits per heavy atom. The lowest BCUT2D eigenvalue weighted by Gasteiger charge is -2.08. The van der Waals surface area contributed by atoms with Gasteiger partial charge in [0.25, 0.3) is 11.8 Å². The molecule has 1 amide bonds. The number of carbonyl (C=O) groups is 1. The Morgan fingerprint density at radius 2 is 2.00 bits per heavy atom. The number of phenolic OH excluding ortho intramolecular Hbond substituents is 1. The number of phenols is 1. The predicted octanol–water partition coefficient (Wildman–Crippen LogP) is 4.27. The molecule has 0 radical (unpaired) electrons. The number of benzene rings is 2. The minimum atomic E-state index is -0.787. The molecule has 4 aromatic rings. The number of aromatic nitrogens is 3. The van der Waals surface area contributed by atoms with Gasteiger partial charge in [0.2, 0.25) is 5.78 Å². The highest BCUT2D eigenvalue weighted by atomic mass is 35.5. The normalized spacial score (nSPS) is 10.8. The Labute approximate surface area is 163 Å². The van der Waals surface area contributed by atoms with Crippen LogP contribution in [0.25, 0.3) is 5.78 Å². The van der Waals surface area contributed by atoms with Crippen molar-refractivity contribution in [1.29, 1.82) is 0 Å². The van der Waals surface area contributed by atoms with E-state index in [1.165, 1.54) is 16.7 Å². The van der Waals surface area contributed by atoms with E-state index < -0.39 is 17.5 Å². The van der Waals surface area contributed by atoms with E-state index in [9.17, 15) is 14.3 Å². The zero-order chi connectivity index (χ0) is 19.7. The van der Waals surface area contributed by atoms with Crippen LogP contribution in [0.3, 0.4) is 0 Å². The van der Waals surface area contributed by atoms with E-state index in [2.05, 4.69) is 15.3 Å². The van der Waals surface area contributed by atoms with Crippen LogP contribution in [0.1, 0.15) is 10.5 Å². The third-order valence-corrected chi connectivity index (χ3v) is 4.07. The zero-order valence-corrected chi connectivity index (χ0v) is 14.9. The molecular formula is C19H12ClFN4O3. The number of ether oxygens (including phenoxy) is 1. The molecule has 140 valence electrons. The van der Waals surface area contributed by atoms with Crippen molar-refractivity contribution in [3.8, 4) is 17.4 Å². The van der Waals surface area contributed by atoms with E-state index in [1.807, 2.05) is 0 Å². The van der Waals surface area contributed by atoms with Crippen LogP contribution in [0.15, 0.2) is 60.9 Å². The maximum absolute atomic E-state index is 13.3. The lowest BCUT2D eigenvalue weighted by atomic mass is 10.3. The maximum Gasteiger partial charge on any atom is 0.278 e. The lowest BCUT2D eigenvalue weighted by molar-refractivity contribution is 0.101. The molecule has 7 nitrogen and oxygen atoms in total. The molecule has 2 N–H and O–H groups in total. The van der Waals surface area contributed by atoms with E-state index in [4.69, 9.17) is 16.3 Å². The number of carbonyl (C=O) groups excluding carboxylic acids is 1. The predicted molar refractivity (Wildman–Crippen MR) is 101 cm³/mol. The molecule has 2 heterocycles. The first-order chi connectivity index (χ1) is 13.5. The third-order valence-electron chi connectivity index (χ3n) is 3.82. The van der Waals surface area contributed by atoms with Crippen molar-refractivity contribution < 1.29 is 19.0 Å². The van der Waals surface area contributed by atoms with Crippen LogP contribution in [-0.4, -0.2) is 25.4 Å². The average Bonchev–Trinajstić information content (AvgIpc) is 3.04. The molecule has 2 aromatic heterocycles. The molecule has 0 fully saturated rings. The second-order valence-electron chi connectivity index (χ2n) is 5.73. The molecule has 2 aromatic carbocycles. The number of imidazole rings is 1. The second-order valence-corrected chi connectivity index (χ2v) is 6.17. The van der Waals surface area contributed by atoms with Gasteiger partial charge in [-0.25, -0.2) is 9.37 Å². The smallest absolute Gasteiger partial charge is 0.278 e. The van der Waals surface area contributed by atoms with Crippen LogP contribution in [0.4, 0.5) is 10.1 Å². The molecule has 0 spiro atoms. The molecule has 28 heavy (non-hydrogen) atoms. The van der Waals surface area contributed by atoms with Gasteiger partial charge in [0, 0.05) is 29.2 Å². The van der Waals surface area contributed by atoms with Gasteiger partial charge in [-0.2, -0.15) is 4.98 Å². The first kappa shape index (κ1) is 17.7. The fourth-order valence-electron chi connectivity index (χ4n) is 2.54. The van der Waals surface area contributed by atoms with Crippen molar-refractivity contribution in [2.75, 3.05) is 5.32 Å². The Kier molecular flexibility index (Phi) is 4.54. The van der Waals surface area contributed by atoms with E-state index in [0.717, 1.165) is 12.1 Å². The fraction of sp³-hybridized carbons (Fsp3) is 0. The second kappa shape index (κ2) is 7.16. The summed E-state index contributed by atoms with van der Waals surface area (Å²) in [6, 6.07) is 11.7.